The van der Waals surface area contributed by atoms with Crippen LogP contribution in [-0.4, -0.2) is 47.0 Å². The van der Waals surface area contributed by atoms with Crippen LogP contribution in [0.25, 0.3) is 5.65 Å². The van der Waals surface area contributed by atoms with E-state index >= 15 is 0 Å². The molecule has 0 unspecified atom stereocenters. The number of sulfonamides is 1. The van der Waals surface area contributed by atoms with Crippen LogP contribution in [0.2, 0.25) is 0 Å². The minimum absolute atomic E-state index is 0.0601. The first-order chi connectivity index (χ1) is 12.1. The van der Waals surface area contributed by atoms with E-state index in [2.05, 4.69) is 10.2 Å². The summed E-state index contributed by atoms with van der Waals surface area (Å²) in [6.45, 7) is 1.46. The Morgan fingerprint density at radius 1 is 1.12 bits per heavy atom. The number of nitrogens with zero attached hydrogens (tertiary/aromatic N) is 4. The summed E-state index contributed by atoms with van der Waals surface area (Å²) in [6, 6.07) is 10.8. The highest BCUT2D eigenvalue weighted by Crippen LogP contribution is 2.34. The molecule has 8 heteroatoms. The van der Waals surface area contributed by atoms with Crippen LogP contribution >= 0.6 is 0 Å². The van der Waals surface area contributed by atoms with Crippen LogP contribution in [0.4, 0.5) is 0 Å². The molecule has 0 amide bonds. The second-order valence-electron chi connectivity index (χ2n) is 6.37. The van der Waals surface area contributed by atoms with Crippen molar-refractivity contribution in [2.75, 3.05) is 19.7 Å². The molecule has 0 atom stereocenters. The molecule has 0 bridgehead atoms. The number of ether oxygens (including phenoxy) is 1. The van der Waals surface area contributed by atoms with Crippen molar-refractivity contribution in [3.8, 4) is 5.75 Å². The van der Waals surface area contributed by atoms with E-state index in [1.807, 2.05) is 28.8 Å². The summed E-state index contributed by atoms with van der Waals surface area (Å²) in [5, 5.41) is 8.37. The minimum Gasteiger partial charge on any atom is -0.493 e. The molecule has 4 heterocycles. The van der Waals surface area contributed by atoms with E-state index in [1.165, 1.54) is 4.31 Å². The van der Waals surface area contributed by atoms with Crippen molar-refractivity contribution in [2.45, 2.75) is 17.2 Å². The number of fused-ring (bicyclic) bond motifs is 2. The molecule has 0 N–H and O–H groups in total. The van der Waals surface area contributed by atoms with Crippen molar-refractivity contribution < 1.29 is 13.2 Å². The van der Waals surface area contributed by atoms with Crippen LogP contribution < -0.4 is 4.74 Å². The number of pyridine rings is 1. The minimum atomic E-state index is -3.48. The zero-order chi connectivity index (χ0) is 17.0. The third-order valence-electron chi connectivity index (χ3n) is 4.85. The molecule has 5 rings (SSSR count). The van der Waals surface area contributed by atoms with Crippen LogP contribution in [0.15, 0.2) is 47.5 Å². The van der Waals surface area contributed by atoms with E-state index in [0.717, 1.165) is 29.2 Å². The van der Waals surface area contributed by atoms with Crippen molar-refractivity contribution in [3.05, 3.63) is 54.0 Å². The number of benzene rings is 1. The van der Waals surface area contributed by atoms with Gasteiger partial charge in [0.1, 0.15) is 11.6 Å². The highest BCUT2D eigenvalue weighted by molar-refractivity contribution is 7.89. The summed E-state index contributed by atoms with van der Waals surface area (Å²) in [4.78, 5) is 0.335. The third kappa shape index (κ3) is 2.25. The molecule has 0 spiro atoms. The lowest BCUT2D eigenvalue weighted by Crippen LogP contribution is -2.48. The van der Waals surface area contributed by atoms with E-state index in [-0.39, 0.29) is 5.92 Å². The Kier molecular flexibility index (Phi) is 3.13. The summed E-state index contributed by atoms with van der Waals surface area (Å²) in [5.74, 6) is 1.66. The molecular formula is C17H16N4O3S. The van der Waals surface area contributed by atoms with Gasteiger partial charge >= 0.3 is 0 Å². The Bertz CT molecular complexity index is 1070. The molecule has 0 saturated carbocycles. The third-order valence-corrected chi connectivity index (χ3v) is 6.68. The molecule has 2 aromatic heterocycles. The number of rotatable bonds is 3. The molecule has 128 valence electrons. The second-order valence-corrected chi connectivity index (χ2v) is 8.31. The van der Waals surface area contributed by atoms with Crippen molar-refractivity contribution in [2.24, 2.45) is 0 Å². The van der Waals surface area contributed by atoms with Crippen molar-refractivity contribution >= 4 is 15.7 Å². The van der Waals surface area contributed by atoms with E-state index in [9.17, 15) is 8.42 Å². The van der Waals surface area contributed by atoms with Gasteiger partial charge in [-0.05, 0) is 35.9 Å². The molecule has 0 aliphatic carbocycles. The second kappa shape index (κ2) is 5.27. The van der Waals surface area contributed by atoms with Crippen LogP contribution in [0.1, 0.15) is 17.3 Å². The van der Waals surface area contributed by atoms with Gasteiger partial charge in [-0.15, -0.1) is 10.2 Å². The first-order valence-corrected chi connectivity index (χ1v) is 9.62. The van der Waals surface area contributed by atoms with Crippen molar-refractivity contribution in [1.29, 1.82) is 0 Å². The highest BCUT2D eigenvalue weighted by atomic mass is 32.2. The van der Waals surface area contributed by atoms with Crippen LogP contribution in [0, 0.1) is 0 Å². The lowest BCUT2D eigenvalue weighted by Gasteiger charge is -2.37. The van der Waals surface area contributed by atoms with Crippen LogP contribution in [0.3, 0.4) is 0 Å². The van der Waals surface area contributed by atoms with E-state index < -0.39 is 10.0 Å². The predicted molar refractivity (Wildman–Crippen MR) is 90.1 cm³/mol. The molecule has 7 nitrogen and oxygen atoms in total. The lowest BCUT2D eigenvalue weighted by molar-refractivity contribution is 0.255. The van der Waals surface area contributed by atoms with E-state index in [1.54, 1.807) is 18.2 Å². The topological polar surface area (TPSA) is 76.8 Å². The van der Waals surface area contributed by atoms with Gasteiger partial charge in [-0.2, -0.15) is 4.31 Å². The molecule has 2 aliphatic rings. The first kappa shape index (κ1) is 14.9. The Balaban J connectivity index is 1.39. The van der Waals surface area contributed by atoms with Crippen LogP contribution in [0.5, 0.6) is 5.75 Å². The number of aromatic nitrogens is 3. The largest absolute Gasteiger partial charge is 0.493 e. The highest BCUT2D eigenvalue weighted by Gasteiger charge is 2.40. The molecule has 0 radical (unpaired) electrons. The maximum absolute atomic E-state index is 12.8. The maximum Gasteiger partial charge on any atom is 0.243 e. The molecule has 1 fully saturated rings. The van der Waals surface area contributed by atoms with Gasteiger partial charge in [-0.25, -0.2) is 8.42 Å². The van der Waals surface area contributed by atoms with Gasteiger partial charge in [0.25, 0.3) is 0 Å². The number of hydrogen-bond donors (Lipinski definition) is 0. The molecular weight excluding hydrogens is 340 g/mol. The average molecular weight is 356 g/mol. The quantitative estimate of drug-likeness (QED) is 0.710. The van der Waals surface area contributed by atoms with Crippen LogP contribution in [-0.2, 0) is 16.4 Å². The molecule has 2 aliphatic heterocycles. The van der Waals surface area contributed by atoms with Gasteiger partial charge in [0.2, 0.25) is 10.0 Å². The average Bonchev–Trinajstić information content (AvgIpc) is 3.19. The first-order valence-electron chi connectivity index (χ1n) is 8.18. The van der Waals surface area contributed by atoms with Gasteiger partial charge in [0.05, 0.1) is 11.5 Å². The lowest BCUT2D eigenvalue weighted by atomic mass is 10.0. The van der Waals surface area contributed by atoms with E-state index in [0.29, 0.717) is 24.6 Å². The maximum atomic E-state index is 12.8. The zero-order valence-electron chi connectivity index (χ0n) is 13.4. The fourth-order valence-corrected chi connectivity index (χ4v) is 4.99. The van der Waals surface area contributed by atoms with Gasteiger partial charge in [-0.3, -0.25) is 4.40 Å². The fourth-order valence-electron chi connectivity index (χ4n) is 3.41. The summed E-state index contributed by atoms with van der Waals surface area (Å²) in [6.07, 6.45) is 2.66. The van der Waals surface area contributed by atoms with Crippen molar-refractivity contribution in [3.63, 3.8) is 0 Å². The van der Waals surface area contributed by atoms with E-state index in [4.69, 9.17) is 4.74 Å². The van der Waals surface area contributed by atoms with Gasteiger partial charge in [0.15, 0.2) is 5.65 Å². The summed E-state index contributed by atoms with van der Waals surface area (Å²) >= 11 is 0. The fraction of sp³-hybridized carbons (Fsp3) is 0.294. The Labute approximate surface area is 144 Å². The van der Waals surface area contributed by atoms with Gasteiger partial charge in [-0.1, -0.05) is 6.07 Å². The normalized spacial score (nSPS) is 18.1. The molecule has 25 heavy (non-hydrogen) atoms. The Morgan fingerprint density at radius 3 is 2.88 bits per heavy atom. The smallest absolute Gasteiger partial charge is 0.243 e. The summed E-state index contributed by atoms with van der Waals surface area (Å²) in [5.41, 5.74) is 1.74. The molecule has 1 saturated heterocycles. The molecule has 3 aromatic rings. The summed E-state index contributed by atoms with van der Waals surface area (Å²) < 4.78 is 34.5. The Hall–Kier alpha value is -2.45. The molecule has 1 aromatic carbocycles. The standard InChI is InChI=1S/C17H16N4O3S/c22-25(23,14-4-5-15-12(9-14)6-8-24-15)20-10-13(11-20)17-19-18-16-3-1-2-7-21(16)17/h1-5,7,9,13H,6,8,10-11H2. The predicted octanol–water partition coefficient (Wildman–Crippen LogP) is 1.45. The summed E-state index contributed by atoms with van der Waals surface area (Å²) in [7, 11) is -3.48. The zero-order valence-corrected chi connectivity index (χ0v) is 14.2. The van der Waals surface area contributed by atoms with Gasteiger partial charge in [0, 0.05) is 31.6 Å². The number of hydrogen-bond acceptors (Lipinski definition) is 5. The Morgan fingerprint density at radius 2 is 2.00 bits per heavy atom. The van der Waals surface area contributed by atoms with Crippen molar-refractivity contribution in [1.82, 2.24) is 18.9 Å². The SMILES string of the molecule is O=S(=O)(c1ccc2c(c1)CCO2)N1CC(c2nnc3ccccn23)C1. The monoisotopic (exact) mass is 356 g/mol. The van der Waals surface area contributed by atoms with Gasteiger partial charge < -0.3 is 4.74 Å².